The molecule has 1 aliphatic heterocycles. The summed E-state index contributed by atoms with van der Waals surface area (Å²) in [5.74, 6) is -0.433. The number of piperazine rings is 1. The summed E-state index contributed by atoms with van der Waals surface area (Å²) >= 11 is 0. The predicted octanol–water partition coefficient (Wildman–Crippen LogP) is 0.620. The lowest BCUT2D eigenvalue weighted by Gasteiger charge is -2.29. The molecule has 2 heterocycles. The number of hydrogen-bond donors (Lipinski definition) is 3. The summed E-state index contributed by atoms with van der Waals surface area (Å²) in [5, 5.41) is 9.43. The number of fused-ring (bicyclic) bond motifs is 1. The SMILES string of the molecule is CC(=O)NCCC[C@@H]1NC(=O)[C@@H](Cc2cn(C)c3ccccc23)NC1=O. The molecular weight excluding hydrogens is 332 g/mol. The Hall–Kier alpha value is -2.83. The van der Waals surface area contributed by atoms with Gasteiger partial charge in [-0.1, -0.05) is 18.2 Å². The van der Waals surface area contributed by atoms with Gasteiger partial charge in [0.15, 0.2) is 0 Å². The number of benzene rings is 1. The molecule has 1 fully saturated rings. The normalized spacial score (nSPS) is 19.9. The summed E-state index contributed by atoms with van der Waals surface area (Å²) in [7, 11) is 1.97. The van der Waals surface area contributed by atoms with Gasteiger partial charge in [0.2, 0.25) is 17.7 Å². The van der Waals surface area contributed by atoms with E-state index < -0.39 is 12.1 Å². The zero-order valence-electron chi connectivity index (χ0n) is 15.0. The van der Waals surface area contributed by atoms with E-state index in [4.69, 9.17) is 0 Å². The maximum atomic E-state index is 12.4. The highest BCUT2D eigenvalue weighted by molar-refractivity contribution is 5.97. The minimum absolute atomic E-state index is 0.0997. The van der Waals surface area contributed by atoms with Crippen molar-refractivity contribution in [1.29, 1.82) is 0 Å². The van der Waals surface area contributed by atoms with Crippen LogP contribution in [0.2, 0.25) is 0 Å². The van der Waals surface area contributed by atoms with Gasteiger partial charge in [0.05, 0.1) is 0 Å². The lowest BCUT2D eigenvalue weighted by atomic mass is 10.00. The molecule has 0 saturated carbocycles. The van der Waals surface area contributed by atoms with E-state index in [0.717, 1.165) is 16.5 Å². The molecule has 1 saturated heterocycles. The Morgan fingerprint density at radius 1 is 1.15 bits per heavy atom. The Morgan fingerprint density at radius 2 is 1.85 bits per heavy atom. The number of amides is 3. The highest BCUT2D eigenvalue weighted by Crippen LogP contribution is 2.22. The lowest BCUT2D eigenvalue weighted by molar-refractivity contribution is -0.136. The number of aromatic nitrogens is 1. The summed E-state index contributed by atoms with van der Waals surface area (Å²) in [6.45, 7) is 1.95. The lowest BCUT2D eigenvalue weighted by Crippen LogP contribution is -2.62. The molecule has 2 atom stereocenters. The van der Waals surface area contributed by atoms with Crippen molar-refractivity contribution < 1.29 is 14.4 Å². The standard InChI is InChI=1S/C19H24N4O3/c1-12(24)20-9-5-7-15-18(25)22-16(19(26)21-15)10-13-11-23(2)17-8-4-3-6-14(13)17/h3-4,6,8,11,15-16H,5,7,9-10H2,1-2H3,(H,20,24)(H,21,26)(H,22,25)/t15-,16+/m0/s1. The van der Waals surface area contributed by atoms with E-state index in [1.54, 1.807) is 0 Å². The second kappa shape index (κ2) is 7.59. The van der Waals surface area contributed by atoms with Crippen molar-refractivity contribution in [1.82, 2.24) is 20.5 Å². The zero-order chi connectivity index (χ0) is 18.7. The van der Waals surface area contributed by atoms with Crippen LogP contribution in [-0.4, -0.2) is 40.9 Å². The first-order chi connectivity index (χ1) is 12.5. The summed E-state index contributed by atoms with van der Waals surface area (Å²) < 4.78 is 2.03. The average molecular weight is 356 g/mol. The number of carbonyl (C=O) groups excluding carboxylic acids is 3. The molecule has 7 nitrogen and oxygen atoms in total. The fourth-order valence-electron chi connectivity index (χ4n) is 3.40. The summed E-state index contributed by atoms with van der Waals surface area (Å²) in [6, 6.07) is 6.89. The average Bonchev–Trinajstić information content (AvgIpc) is 2.92. The molecule has 3 N–H and O–H groups in total. The van der Waals surface area contributed by atoms with Crippen LogP contribution in [0.15, 0.2) is 30.5 Å². The number of para-hydroxylation sites is 1. The van der Waals surface area contributed by atoms with Gasteiger partial charge in [0.1, 0.15) is 12.1 Å². The van der Waals surface area contributed by atoms with Gasteiger partial charge in [0.25, 0.3) is 0 Å². The number of aryl methyl sites for hydroxylation is 1. The van der Waals surface area contributed by atoms with Crippen molar-refractivity contribution in [2.24, 2.45) is 7.05 Å². The maximum Gasteiger partial charge on any atom is 0.243 e. The van der Waals surface area contributed by atoms with Crippen LogP contribution in [0.25, 0.3) is 10.9 Å². The zero-order valence-corrected chi connectivity index (χ0v) is 15.0. The fourth-order valence-corrected chi connectivity index (χ4v) is 3.40. The summed E-state index contributed by atoms with van der Waals surface area (Å²) in [4.78, 5) is 35.6. The third-order valence-corrected chi connectivity index (χ3v) is 4.71. The second-order valence-corrected chi connectivity index (χ2v) is 6.73. The van der Waals surface area contributed by atoms with Crippen LogP contribution in [0.4, 0.5) is 0 Å². The maximum absolute atomic E-state index is 12.4. The van der Waals surface area contributed by atoms with Crippen molar-refractivity contribution >= 4 is 28.6 Å². The topological polar surface area (TPSA) is 92.2 Å². The molecule has 1 aliphatic rings. The van der Waals surface area contributed by atoms with Gasteiger partial charge in [-0.05, 0) is 24.5 Å². The Labute approximate surface area is 152 Å². The van der Waals surface area contributed by atoms with E-state index >= 15 is 0 Å². The predicted molar refractivity (Wildman–Crippen MR) is 98.4 cm³/mol. The van der Waals surface area contributed by atoms with Crippen LogP contribution < -0.4 is 16.0 Å². The Kier molecular flexibility index (Phi) is 5.25. The minimum Gasteiger partial charge on any atom is -0.356 e. The summed E-state index contributed by atoms with van der Waals surface area (Å²) in [5.41, 5.74) is 2.13. The minimum atomic E-state index is -0.570. The first kappa shape index (κ1) is 18.0. The first-order valence-corrected chi connectivity index (χ1v) is 8.84. The molecule has 3 amide bonds. The molecule has 2 aromatic rings. The third kappa shape index (κ3) is 3.87. The van der Waals surface area contributed by atoms with Crippen molar-refractivity contribution in [2.75, 3.05) is 6.54 Å². The molecule has 0 aliphatic carbocycles. The van der Waals surface area contributed by atoms with Gasteiger partial charge in [-0.2, -0.15) is 0 Å². The van der Waals surface area contributed by atoms with E-state index in [-0.39, 0.29) is 17.7 Å². The number of rotatable bonds is 6. The molecular formula is C19H24N4O3. The molecule has 7 heteroatoms. The van der Waals surface area contributed by atoms with Gasteiger partial charge < -0.3 is 20.5 Å². The Bertz CT molecular complexity index is 842. The first-order valence-electron chi connectivity index (χ1n) is 8.84. The highest BCUT2D eigenvalue weighted by atomic mass is 16.2. The van der Waals surface area contributed by atoms with Crippen LogP contribution in [0.1, 0.15) is 25.3 Å². The molecule has 138 valence electrons. The monoisotopic (exact) mass is 356 g/mol. The molecule has 1 aromatic heterocycles. The van der Waals surface area contributed by atoms with Gasteiger partial charge in [-0.3, -0.25) is 14.4 Å². The van der Waals surface area contributed by atoms with E-state index in [0.29, 0.717) is 25.8 Å². The number of hydrogen-bond acceptors (Lipinski definition) is 3. The quantitative estimate of drug-likeness (QED) is 0.663. The molecule has 1 aromatic carbocycles. The van der Waals surface area contributed by atoms with Gasteiger partial charge in [-0.15, -0.1) is 0 Å². The molecule has 3 rings (SSSR count). The van der Waals surface area contributed by atoms with E-state index in [9.17, 15) is 14.4 Å². The van der Waals surface area contributed by atoms with E-state index in [1.807, 2.05) is 42.1 Å². The van der Waals surface area contributed by atoms with Crippen LogP contribution in [0.3, 0.4) is 0 Å². The number of nitrogens with zero attached hydrogens (tertiary/aromatic N) is 1. The van der Waals surface area contributed by atoms with Gasteiger partial charge >= 0.3 is 0 Å². The number of carbonyl (C=O) groups is 3. The van der Waals surface area contributed by atoms with Crippen molar-refractivity contribution in [2.45, 2.75) is 38.3 Å². The van der Waals surface area contributed by atoms with E-state index in [1.165, 1.54) is 6.92 Å². The van der Waals surface area contributed by atoms with Gasteiger partial charge in [-0.25, -0.2) is 0 Å². The molecule has 0 spiro atoms. The number of nitrogens with one attached hydrogen (secondary N) is 3. The smallest absolute Gasteiger partial charge is 0.243 e. The molecule has 0 unspecified atom stereocenters. The second-order valence-electron chi connectivity index (χ2n) is 6.73. The Morgan fingerprint density at radius 3 is 2.62 bits per heavy atom. The Balaban J connectivity index is 1.62. The van der Waals surface area contributed by atoms with Crippen LogP contribution >= 0.6 is 0 Å². The van der Waals surface area contributed by atoms with Crippen LogP contribution in [-0.2, 0) is 27.9 Å². The van der Waals surface area contributed by atoms with Crippen LogP contribution in [0.5, 0.6) is 0 Å². The third-order valence-electron chi connectivity index (χ3n) is 4.71. The van der Waals surface area contributed by atoms with Gasteiger partial charge in [0, 0.05) is 44.0 Å². The van der Waals surface area contributed by atoms with E-state index in [2.05, 4.69) is 16.0 Å². The molecule has 26 heavy (non-hydrogen) atoms. The molecule has 0 bridgehead atoms. The summed E-state index contributed by atoms with van der Waals surface area (Å²) in [6.07, 6.45) is 3.59. The fraction of sp³-hybridized carbons (Fsp3) is 0.421. The van der Waals surface area contributed by atoms with Crippen molar-refractivity contribution in [3.05, 3.63) is 36.0 Å². The largest absolute Gasteiger partial charge is 0.356 e. The highest BCUT2D eigenvalue weighted by Gasteiger charge is 2.33. The van der Waals surface area contributed by atoms with Crippen LogP contribution in [0, 0.1) is 0 Å². The van der Waals surface area contributed by atoms with Crippen molar-refractivity contribution in [3.8, 4) is 0 Å². The van der Waals surface area contributed by atoms with Crippen molar-refractivity contribution in [3.63, 3.8) is 0 Å². The molecule has 0 radical (unpaired) electrons.